The summed E-state index contributed by atoms with van der Waals surface area (Å²) >= 11 is 0. The van der Waals surface area contributed by atoms with Crippen molar-refractivity contribution in [3.63, 3.8) is 0 Å². The van der Waals surface area contributed by atoms with Gasteiger partial charge in [-0.25, -0.2) is 0 Å². The highest BCUT2D eigenvalue weighted by Gasteiger charge is 2.36. The zero-order valence-corrected chi connectivity index (χ0v) is 17.3. The minimum absolute atomic E-state index is 0.114. The van der Waals surface area contributed by atoms with E-state index in [-0.39, 0.29) is 17.1 Å². The van der Waals surface area contributed by atoms with Crippen LogP contribution in [0.1, 0.15) is 55.5 Å². The maximum Gasteiger partial charge on any atom is 0.419 e. The van der Waals surface area contributed by atoms with Crippen molar-refractivity contribution in [1.29, 1.82) is 0 Å². The summed E-state index contributed by atoms with van der Waals surface area (Å²) in [6, 6.07) is 13.5. The molecule has 1 aliphatic rings. The largest absolute Gasteiger partial charge is 0.507 e. The maximum absolute atomic E-state index is 13.1. The summed E-state index contributed by atoms with van der Waals surface area (Å²) in [6.07, 6.45) is -3.01. The number of phenols is 1. The lowest BCUT2D eigenvalue weighted by atomic mass is 9.87. The van der Waals surface area contributed by atoms with Crippen LogP contribution in [0.15, 0.2) is 48.5 Å². The molecule has 0 aromatic heterocycles. The second-order valence-electron chi connectivity index (χ2n) is 8.01. The Labute approximate surface area is 175 Å². The molecule has 1 heterocycles. The Morgan fingerprint density at radius 2 is 1.67 bits per heavy atom. The number of phenolic OH excluding ortho intramolecular Hbond substituents is 1. The molecule has 0 unspecified atom stereocenters. The standard InChI is InChI=1S/C23H29F3N2O2/c1-16(18-7-4-3-5-8-18)28-22(11-13-30-14-12-22)15-27-17(2)19-9-6-10-20(21(19)29)23(24,25)26/h3-10,16-17,27-29H,11-15H2,1-2H3/t16-,17+/m0/s1. The van der Waals surface area contributed by atoms with Gasteiger partial charge in [-0.05, 0) is 38.3 Å². The van der Waals surface area contributed by atoms with Gasteiger partial charge in [-0.2, -0.15) is 13.2 Å². The molecule has 0 amide bonds. The molecule has 3 N–H and O–H groups in total. The Bertz CT molecular complexity index is 821. The molecule has 164 valence electrons. The number of benzene rings is 2. The summed E-state index contributed by atoms with van der Waals surface area (Å²) < 4.78 is 44.9. The van der Waals surface area contributed by atoms with Gasteiger partial charge in [-0.15, -0.1) is 0 Å². The van der Waals surface area contributed by atoms with Gasteiger partial charge in [-0.1, -0.05) is 42.5 Å². The molecule has 7 heteroatoms. The van der Waals surface area contributed by atoms with Crippen molar-refractivity contribution in [2.24, 2.45) is 0 Å². The van der Waals surface area contributed by atoms with Gasteiger partial charge in [0.05, 0.1) is 5.56 Å². The Kier molecular flexibility index (Phi) is 7.06. The van der Waals surface area contributed by atoms with E-state index in [0.717, 1.165) is 18.9 Å². The fourth-order valence-corrected chi connectivity index (χ4v) is 4.02. The molecule has 3 rings (SSSR count). The van der Waals surface area contributed by atoms with Crippen LogP contribution in [0.4, 0.5) is 13.2 Å². The van der Waals surface area contributed by atoms with Crippen molar-refractivity contribution in [3.05, 3.63) is 65.2 Å². The topological polar surface area (TPSA) is 53.5 Å². The van der Waals surface area contributed by atoms with Crippen LogP contribution in [0, 0.1) is 0 Å². The molecule has 2 atom stereocenters. The van der Waals surface area contributed by atoms with Crippen molar-refractivity contribution in [3.8, 4) is 5.75 Å². The third kappa shape index (κ3) is 5.33. The Hall–Kier alpha value is -2.09. The number of ether oxygens (including phenoxy) is 1. The fraction of sp³-hybridized carbons (Fsp3) is 0.478. The van der Waals surface area contributed by atoms with E-state index >= 15 is 0 Å². The summed E-state index contributed by atoms with van der Waals surface area (Å²) in [5.41, 5.74) is 0.152. The third-order valence-electron chi connectivity index (χ3n) is 5.86. The zero-order valence-electron chi connectivity index (χ0n) is 17.3. The van der Waals surface area contributed by atoms with Gasteiger partial charge in [0, 0.05) is 42.9 Å². The van der Waals surface area contributed by atoms with Crippen LogP contribution >= 0.6 is 0 Å². The van der Waals surface area contributed by atoms with Crippen LogP contribution in [0.5, 0.6) is 5.75 Å². The summed E-state index contributed by atoms with van der Waals surface area (Å²) in [4.78, 5) is 0. The molecule has 0 radical (unpaired) electrons. The second kappa shape index (κ2) is 9.37. The minimum atomic E-state index is -4.59. The molecule has 30 heavy (non-hydrogen) atoms. The summed E-state index contributed by atoms with van der Waals surface area (Å²) in [5, 5.41) is 17.3. The quantitative estimate of drug-likeness (QED) is 0.590. The van der Waals surface area contributed by atoms with Crippen LogP contribution < -0.4 is 10.6 Å². The number of halogens is 3. The third-order valence-corrected chi connectivity index (χ3v) is 5.86. The van der Waals surface area contributed by atoms with Crippen LogP contribution in [0.25, 0.3) is 0 Å². The van der Waals surface area contributed by atoms with E-state index in [9.17, 15) is 18.3 Å². The first-order chi connectivity index (χ1) is 14.2. The molecule has 0 bridgehead atoms. The lowest BCUT2D eigenvalue weighted by molar-refractivity contribution is -0.138. The van der Waals surface area contributed by atoms with Gasteiger partial charge in [0.15, 0.2) is 0 Å². The van der Waals surface area contributed by atoms with Gasteiger partial charge in [0.25, 0.3) is 0 Å². The van der Waals surface area contributed by atoms with Crippen molar-refractivity contribution >= 4 is 0 Å². The number of nitrogens with one attached hydrogen (secondary N) is 2. The number of aromatic hydroxyl groups is 1. The van der Waals surface area contributed by atoms with E-state index in [0.29, 0.717) is 19.8 Å². The molecule has 0 spiro atoms. The first-order valence-corrected chi connectivity index (χ1v) is 10.2. The van der Waals surface area contributed by atoms with E-state index in [4.69, 9.17) is 4.74 Å². The molecular formula is C23H29F3N2O2. The van der Waals surface area contributed by atoms with E-state index in [2.05, 4.69) is 29.7 Å². The van der Waals surface area contributed by atoms with E-state index in [1.54, 1.807) is 6.92 Å². The van der Waals surface area contributed by atoms with Gasteiger partial charge >= 0.3 is 6.18 Å². The van der Waals surface area contributed by atoms with Gasteiger partial charge in [-0.3, -0.25) is 0 Å². The van der Waals surface area contributed by atoms with Crippen LogP contribution in [-0.4, -0.2) is 30.4 Å². The van der Waals surface area contributed by atoms with Gasteiger partial charge in [0.1, 0.15) is 5.75 Å². The number of hydrogen-bond donors (Lipinski definition) is 3. The van der Waals surface area contributed by atoms with Crippen molar-refractivity contribution < 1.29 is 23.0 Å². The number of rotatable bonds is 7. The smallest absolute Gasteiger partial charge is 0.419 e. The van der Waals surface area contributed by atoms with Crippen LogP contribution in [0.2, 0.25) is 0 Å². The minimum Gasteiger partial charge on any atom is -0.507 e. The van der Waals surface area contributed by atoms with Crippen LogP contribution in [0.3, 0.4) is 0 Å². The molecule has 2 aromatic carbocycles. The van der Waals surface area contributed by atoms with E-state index in [1.165, 1.54) is 17.7 Å². The number of alkyl halides is 3. The fourth-order valence-electron chi connectivity index (χ4n) is 4.02. The number of hydrogen-bond acceptors (Lipinski definition) is 4. The monoisotopic (exact) mass is 422 g/mol. The van der Waals surface area contributed by atoms with E-state index < -0.39 is 23.5 Å². The summed E-state index contributed by atoms with van der Waals surface area (Å²) in [5.74, 6) is -0.711. The normalized spacial score (nSPS) is 18.7. The second-order valence-corrected chi connectivity index (χ2v) is 8.01. The molecule has 1 fully saturated rings. The highest BCUT2D eigenvalue weighted by molar-refractivity contribution is 5.43. The van der Waals surface area contributed by atoms with Crippen molar-refractivity contribution in [1.82, 2.24) is 10.6 Å². The highest BCUT2D eigenvalue weighted by Crippen LogP contribution is 2.39. The Morgan fingerprint density at radius 3 is 2.30 bits per heavy atom. The lowest BCUT2D eigenvalue weighted by Crippen LogP contribution is -2.56. The predicted octanol–water partition coefficient (Wildman–Crippen LogP) is 4.96. The molecule has 4 nitrogen and oxygen atoms in total. The summed E-state index contributed by atoms with van der Waals surface area (Å²) in [6.45, 7) is 5.67. The predicted molar refractivity (Wildman–Crippen MR) is 110 cm³/mol. The van der Waals surface area contributed by atoms with Gasteiger partial charge < -0.3 is 20.5 Å². The molecule has 1 saturated heterocycles. The highest BCUT2D eigenvalue weighted by atomic mass is 19.4. The zero-order chi connectivity index (χ0) is 21.8. The molecule has 0 saturated carbocycles. The summed E-state index contributed by atoms with van der Waals surface area (Å²) in [7, 11) is 0. The molecule has 2 aromatic rings. The molecule has 0 aliphatic carbocycles. The first kappa shape index (κ1) is 22.6. The lowest BCUT2D eigenvalue weighted by Gasteiger charge is -2.41. The Morgan fingerprint density at radius 1 is 1.00 bits per heavy atom. The maximum atomic E-state index is 13.1. The first-order valence-electron chi connectivity index (χ1n) is 10.2. The molecular weight excluding hydrogens is 393 g/mol. The number of para-hydroxylation sites is 1. The average Bonchev–Trinajstić information content (AvgIpc) is 2.73. The van der Waals surface area contributed by atoms with Crippen molar-refractivity contribution in [2.45, 2.75) is 50.5 Å². The average molecular weight is 422 g/mol. The van der Waals surface area contributed by atoms with Crippen LogP contribution in [-0.2, 0) is 10.9 Å². The molecule has 1 aliphatic heterocycles. The van der Waals surface area contributed by atoms with Gasteiger partial charge in [0.2, 0.25) is 0 Å². The van der Waals surface area contributed by atoms with E-state index in [1.807, 2.05) is 18.2 Å². The Balaban J connectivity index is 1.73. The van der Waals surface area contributed by atoms with Crippen molar-refractivity contribution in [2.75, 3.05) is 19.8 Å². The SMILES string of the molecule is C[C@H](NC1(CN[C@H](C)c2cccc(C(F)(F)F)c2O)CCOCC1)c1ccccc1.